The summed E-state index contributed by atoms with van der Waals surface area (Å²) >= 11 is 0. The second-order valence-corrected chi connectivity index (χ2v) is 5.82. The van der Waals surface area contributed by atoms with Gasteiger partial charge < -0.3 is 10.4 Å². The first-order valence-corrected chi connectivity index (χ1v) is 7.87. The van der Waals surface area contributed by atoms with Gasteiger partial charge in [0.1, 0.15) is 11.5 Å². The SMILES string of the molecule is Cl.OC[C@H]1CNCc2c(-c3ccncc3)c(-c3ccc(F)cc3)nn21. The van der Waals surface area contributed by atoms with Gasteiger partial charge in [-0.1, -0.05) is 0 Å². The molecule has 7 heteroatoms. The van der Waals surface area contributed by atoms with Crippen molar-refractivity contribution in [1.82, 2.24) is 20.1 Å². The molecule has 0 fully saturated rings. The van der Waals surface area contributed by atoms with Crippen molar-refractivity contribution >= 4 is 12.4 Å². The molecular formula is C18H18ClFN4O. The highest BCUT2D eigenvalue weighted by Crippen LogP contribution is 2.36. The number of fused-ring (bicyclic) bond motifs is 1. The van der Waals surface area contributed by atoms with Crippen LogP contribution in [0.4, 0.5) is 4.39 Å². The smallest absolute Gasteiger partial charge is 0.123 e. The van der Waals surface area contributed by atoms with E-state index in [4.69, 9.17) is 5.10 Å². The number of halogens is 2. The normalized spacial score (nSPS) is 16.2. The minimum absolute atomic E-state index is 0. The third-order valence-electron chi connectivity index (χ3n) is 4.33. The molecule has 1 aromatic carbocycles. The van der Waals surface area contributed by atoms with Crippen LogP contribution in [0.5, 0.6) is 0 Å². The minimum Gasteiger partial charge on any atom is -0.394 e. The third-order valence-corrected chi connectivity index (χ3v) is 4.33. The molecule has 3 heterocycles. The lowest BCUT2D eigenvalue weighted by Crippen LogP contribution is -2.35. The highest BCUT2D eigenvalue weighted by atomic mass is 35.5. The molecular weight excluding hydrogens is 343 g/mol. The number of aromatic nitrogens is 3. The first-order valence-electron chi connectivity index (χ1n) is 7.87. The van der Waals surface area contributed by atoms with Gasteiger partial charge in [-0.15, -0.1) is 12.4 Å². The van der Waals surface area contributed by atoms with E-state index >= 15 is 0 Å². The van der Waals surface area contributed by atoms with Crippen molar-refractivity contribution in [3.63, 3.8) is 0 Å². The van der Waals surface area contributed by atoms with E-state index < -0.39 is 0 Å². The van der Waals surface area contributed by atoms with Gasteiger partial charge in [0, 0.05) is 36.6 Å². The van der Waals surface area contributed by atoms with Crippen LogP contribution in [-0.2, 0) is 6.54 Å². The Bertz CT molecular complexity index is 852. The standard InChI is InChI=1S/C18H17FN4O.ClH/c19-14-3-1-13(2-4-14)18-17(12-5-7-20-8-6-12)16-10-21-9-15(11-24)23(16)22-18;/h1-8,15,21,24H,9-11H2;1H/t15-;/m1./s1. The van der Waals surface area contributed by atoms with Crippen LogP contribution in [0.2, 0.25) is 0 Å². The average Bonchev–Trinajstić information content (AvgIpc) is 3.02. The van der Waals surface area contributed by atoms with Gasteiger partial charge in [-0.25, -0.2) is 4.39 Å². The number of nitrogens with one attached hydrogen (secondary N) is 1. The number of benzene rings is 1. The molecule has 1 atom stereocenters. The molecule has 0 aliphatic carbocycles. The van der Waals surface area contributed by atoms with Crippen molar-refractivity contribution in [2.45, 2.75) is 12.6 Å². The Morgan fingerprint density at radius 3 is 2.52 bits per heavy atom. The second-order valence-electron chi connectivity index (χ2n) is 5.82. The molecule has 0 amide bonds. The summed E-state index contributed by atoms with van der Waals surface area (Å²) in [6.07, 6.45) is 3.49. The van der Waals surface area contributed by atoms with Crippen LogP contribution in [0, 0.1) is 5.82 Å². The van der Waals surface area contributed by atoms with E-state index in [1.165, 1.54) is 12.1 Å². The third kappa shape index (κ3) is 3.16. The number of rotatable bonds is 3. The summed E-state index contributed by atoms with van der Waals surface area (Å²) in [6, 6.07) is 10.1. The summed E-state index contributed by atoms with van der Waals surface area (Å²) in [7, 11) is 0. The van der Waals surface area contributed by atoms with Crippen molar-refractivity contribution in [3.8, 4) is 22.4 Å². The average molecular weight is 361 g/mol. The van der Waals surface area contributed by atoms with Crippen LogP contribution in [0.25, 0.3) is 22.4 Å². The number of pyridine rings is 1. The van der Waals surface area contributed by atoms with E-state index in [1.54, 1.807) is 24.5 Å². The van der Waals surface area contributed by atoms with Crippen LogP contribution in [0.1, 0.15) is 11.7 Å². The Morgan fingerprint density at radius 1 is 1.12 bits per heavy atom. The fourth-order valence-corrected chi connectivity index (χ4v) is 3.16. The molecule has 25 heavy (non-hydrogen) atoms. The van der Waals surface area contributed by atoms with Gasteiger partial charge in [0.05, 0.1) is 18.3 Å². The van der Waals surface area contributed by atoms with Crippen LogP contribution >= 0.6 is 12.4 Å². The predicted octanol–water partition coefficient (Wildman–Crippen LogP) is 2.81. The van der Waals surface area contributed by atoms with Crippen molar-refractivity contribution in [2.24, 2.45) is 0 Å². The van der Waals surface area contributed by atoms with E-state index in [1.807, 2.05) is 16.8 Å². The summed E-state index contributed by atoms with van der Waals surface area (Å²) in [5, 5.41) is 17.7. The topological polar surface area (TPSA) is 63.0 Å². The predicted molar refractivity (Wildman–Crippen MR) is 95.9 cm³/mol. The lowest BCUT2D eigenvalue weighted by Gasteiger charge is -2.24. The van der Waals surface area contributed by atoms with Gasteiger partial charge in [-0.3, -0.25) is 9.67 Å². The van der Waals surface area contributed by atoms with E-state index in [2.05, 4.69) is 10.3 Å². The number of nitrogens with zero attached hydrogens (tertiary/aromatic N) is 3. The van der Waals surface area contributed by atoms with Crippen molar-refractivity contribution in [1.29, 1.82) is 0 Å². The fourth-order valence-electron chi connectivity index (χ4n) is 3.16. The molecule has 4 rings (SSSR count). The number of hydrogen-bond donors (Lipinski definition) is 2. The quantitative estimate of drug-likeness (QED) is 0.754. The van der Waals surface area contributed by atoms with Crippen molar-refractivity contribution < 1.29 is 9.50 Å². The maximum absolute atomic E-state index is 13.3. The van der Waals surface area contributed by atoms with Crippen LogP contribution in [0.3, 0.4) is 0 Å². The number of hydrogen-bond acceptors (Lipinski definition) is 4. The second kappa shape index (κ2) is 7.31. The Kier molecular flexibility index (Phi) is 5.13. The zero-order valence-corrected chi connectivity index (χ0v) is 14.2. The maximum atomic E-state index is 13.3. The molecule has 5 nitrogen and oxygen atoms in total. The summed E-state index contributed by atoms with van der Waals surface area (Å²) in [6.45, 7) is 1.35. The Morgan fingerprint density at radius 2 is 1.84 bits per heavy atom. The first kappa shape index (κ1) is 17.5. The summed E-state index contributed by atoms with van der Waals surface area (Å²) in [4.78, 5) is 4.08. The zero-order chi connectivity index (χ0) is 16.5. The molecule has 0 saturated heterocycles. The Hall–Kier alpha value is -2.28. The molecule has 1 aliphatic rings. The molecule has 3 aromatic rings. The monoisotopic (exact) mass is 360 g/mol. The van der Waals surface area contributed by atoms with Gasteiger partial charge >= 0.3 is 0 Å². The molecule has 0 bridgehead atoms. The van der Waals surface area contributed by atoms with E-state index in [0.29, 0.717) is 13.1 Å². The van der Waals surface area contributed by atoms with Crippen molar-refractivity contribution in [2.75, 3.05) is 13.2 Å². The molecule has 2 aromatic heterocycles. The highest BCUT2D eigenvalue weighted by Gasteiger charge is 2.27. The largest absolute Gasteiger partial charge is 0.394 e. The Balaban J connectivity index is 0.00000182. The lowest BCUT2D eigenvalue weighted by atomic mass is 9.99. The molecule has 2 N–H and O–H groups in total. The fraction of sp³-hybridized carbons (Fsp3) is 0.222. The number of aliphatic hydroxyl groups is 1. The van der Waals surface area contributed by atoms with Crippen LogP contribution in [-0.4, -0.2) is 33.0 Å². The molecule has 130 valence electrons. The van der Waals surface area contributed by atoms with Crippen LogP contribution < -0.4 is 5.32 Å². The first-order chi connectivity index (χ1) is 11.8. The molecule has 1 aliphatic heterocycles. The summed E-state index contributed by atoms with van der Waals surface area (Å²) < 4.78 is 15.2. The molecule has 0 radical (unpaired) electrons. The summed E-state index contributed by atoms with van der Waals surface area (Å²) in [5.74, 6) is -0.275. The van der Waals surface area contributed by atoms with Gasteiger partial charge in [0.2, 0.25) is 0 Å². The van der Waals surface area contributed by atoms with Crippen LogP contribution in [0.15, 0.2) is 48.8 Å². The maximum Gasteiger partial charge on any atom is 0.123 e. The lowest BCUT2D eigenvalue weighted by molar-refractivity contribution is 0.200. The van der Waals surface area contributed by atoms with Gasteiger partial charge in [-0.05, 0) is 42.0 Å². The van der Waals surface area contributed by atoms with Crippen molar-refractivity contribution in [3.05, 3.63) is 60.3 Å². The van der Waals surface area contributed by atoms with Gasteiger partial charge in [0.15, 0.2) is 0 Å². The molecule has 0 saturated carbocycles. The minimum atomic E-state index is -0.275. The van der Waals surface area contributed by atoms with E-state index in [0.717, 1.165) is 28.1 Å². The molecule has 0 spiro atoms. The Labute approximate surface area is 150 Å². The van der Waals surface area contributed by atoms with E-state index in [9.17, 15) is 9.50 Å². The zero-order valence-electron chi connectivity index (χ0n) is 13.4. The summed E-state index contributed by atoms with van der Waals surface area (Å²) in [5.41, 5.74) is 4.66. The van der Waals surface area contributed by atoms with E-state index in [-0.39, 0.29) is 30.9 Å². The number of aliphatic hydroxyl groups excluding tert-OH is 1. The van der Waals surface area contributed by atoms with Gasteiger partial charge in [-0.2, -0.15) is 5.10 Å². The van der Waals surface area contributed by atoms with Gasteiger partial charge in [0.25, 0.3) is 0 Å². The highest BCUT2D eigenvalue weighted by molar-refractivity contribution is 5.85. The molecule has 0 unspecified atom stereocenters.